The first-order valence-corrected chi connectivity index (χ1v) is 7.30. The van der Waals surface area contributed by atoms with E-state index >= 15 is 0 Å². The minimum Gasteiger partial charge on any atom is -0.379 e. The molecule has 1 rings (SSSR count). The second kappa shape index (κ2) is 8.67. The Morgan fingerprint density at radius 3 is 2.26 bits per heavy atom. The number of hydrogen-bond acceptors (Lipinski definition) is 4. The lowest BCUT2D eigenvalue weighted by Gasteiger charge is -2.08. The first-order valence-electron chi connectivity index (χ1n) is 7.30. The van der Waals surface area contributed by atoms with E-state index in [1.165, 1.54) is 0 Å². The van der Waals surface area contributed by atoms with Crippen molar-refractivity contribution in [2.24, 2.45) is 17.8 Å². The quantitative estimate of drug-likeness (QED) is 0.541. The minimum absolute atomic E-state index is 0.0688. The summed E-state index contributed by atoms with van der Waals surface area (Å²) in [7, 11) is 0. The van der Waals surface area contributed by atoms with Crippen molar-refractivity contribution >= 4 is 5.78 Å². The second-order valence-corrected chi connectivity index (χ2v) is 5.89. The molecule has 0 aliphatic heterocycles. The predicted octanol–water partition coefficient (Wildman–Crippen LogP) is 2.31. The third kappa shape index (κ3) is 7.65. The highest BCUT2D eigenvalue weighted by atomic mass is 16.5. The second-order valence-electron chi connectivity index (χ2n) is 5.89. The van der Waals surface area contributed by atoms with E-state index < -0.39 is 0 Å². The third-order valence-corrected chi connectivity index (χ3v) is 3.30. The van der Waals surface area contributed by atoms with Crippen molar-refractivity contribution < 1.29 is 19.0 Å². The molecule has 0 saturated heterocycles. The number of ketones is 1. The Morgan fingerprint density at radius 2 is 1.68 bits per heavy atom. The molecule has 2 unspecified atom stereocenters. The van der Waals surface area contributed by atoms with Gasteiger partial charge in [-0.15, -0.1) is 0 Å². The number of Topliss-reactive ketones (excluding diaryl/α,β-unsaturated/α-hetero) is 1. The predicted molar refractivity (Wildman–Crippen MR) is 74.2 cm³/mol. The van der Waals surface area contributed by atoms with E-state index in [4.69, 9.17) is 14.2 Å². The monoisotopic (exact) mass is 272 g/mol. The van der Waals surface area contributed by atoms with E-state index in [0.29, 0.717) is 31.7 Å². The molecule has 19 heavy (non-hydrogen) atoms. The normalized spacial score (nSPS) is 22.2. The maximum absolute atomic E-state index is 11.4. The summed E-state index contributed by atoms with van der Waals surface area (Å²) in [5, 5.41) is 0. The molecule has 1 aliphatic rings. The van der Waals surface area contributed by atoms with Crippen molar-refractivity contribution in [3.63, 3.8) is 0 Å². The third-order valence-electron chi connectivity index (χ3n) is 3.30. The van der Waals surface area contributed by atoms with Crippen LogP contribution in [0.5, 0.6) is 0 Å². The molecule has 4 heteroatoms. The molecule has 1 fully saturated rings. The van der Waals surface area contributed by atoms with E-state index in [2.05, 4.69) is 0 Å². The van der Waals surface area contributed by atoms with Crippen LogP contribution in [0.2, 0.25) is 0 Å². The molecule has 1 saturated carbocycles. The Morgan fingerprint density at radius 1 is 1.05 bits per heavy atom. The topological polar surface area (TPSA) is 44.8 Å². The van der Waals surface area contributed by atoms with Gasteiger partial charge in [-0.25, -0.2) is 0 Å². The Labute approximate surface area is 116 Å². The summed E-state index contributed by atoms with van der Waals surface area (Å²) in [5.74, 6) is 1.43. The summed E-state index contributed by atoms with van der Waals surface area (Å²) in [4.78, 5) is 11.4. The SMILES string of the molecule is CC(C)OCCOCC1CC1COCC(=O)C(C)C. The molecule has 0 aromatic heterocycles. The van der Waals surface area contributed by atoms with Crippen LogP contribution in [0.4, 0.5) is 0 Å². The van der Waals surface area contributed by atoms with Crippen LogP contribution in [0.1, 0.15) is 34.1 Å². The molecule has 0 aromatic carbocycles. The van der Waals surface area contributed by atoms with Gasteiger partial charge in [0.1, 0.15) is 6.61 Å². The largest absolute Gasteiger partial charge is 0.379 e. The fourth-order valence-corrected chi connectivity index (χ4v) is 1.77. The molecule has 0 amide bonds. The van der Waals surface area contributed by atoms with Crippen molar-refractivity contribution in [2.45, 2.75) is 40.2 Å². The standard InChI is InChI=1S/C15H28O4/c1-11(2)15(16)10-18-9-14-7-13(14)8-17-5-6-19-12(3)4/h11-14H,5-10H2,1-4H3. The molecule has 0 aromatic rings. The maximum Gasteiger partial charge on any atom is 0.160 e. The van der Waals surface area contributed by atoms with Crippen molar-refractivity contribution in [1.82, 2.24) is 0 Å². The average molecular weight is 272 g/mol. The Kier molecular flexibility index (Phi) is 7.57. The highest BCUT2D eigenvalue weighted by Gasteiger charge is 2.37. The van der Waals surface area contributed by atoms with Gasteiger partial charge in [-0.05, 0) is 32.1 Å². The average Bonchev–Trinajstić information content (AvgIpc) is 3.06. The van der Waals surface area contributed by atoms with Crippen LogP contribution in [0, 0.1) is 17.8 Å². The van der Waals surface area contributed by atoms with Gasteiger partial charge >= 0.3 is 0 Å². The smallest absolute Gasteiger partial charge is 0.160 e. The summed E-state index contributed by atoms with van der Waals surface area (Å²) in [6.07, 6.45) is 1.42. The van der Waals surface area contributed by atoms with E-state index in [1.807, 2.05) is 27.7 Å². The van der Waals surface area contributed by atoms with Crippen molar-refractivity contribution in [3.8, 4) is 0 Å². The Bertz CT molecular complexity index is 263. The molecule has 0 bridgehead atoms. The van der Waals surface area contributed by atoms with Gasteiger partial charge in [-0.1, -0.05) is 13.8 Å². The highest BCUT2D eigenvalue weighted by Crippen LogP contribution is 2.38. The molecule has 1 aliphatic carbocycles. The molecule has 0 heterocycles. The lowest BCUT2D eigenvalue weighted by Crippen LogP contribution is -2.16. The van der Waals surface area contributed by atoms with Crippen LogP contribution in [0.3, 0.4) is 0 Å². The maximum atomic E-state index is 11.4. The van der Waals surface area contributed by atoms with Crippen molar-refractivity contribution in [3.05, 3.63) is 0 Å². The summed E-state index contributed by atoms with van der Waals surface area (Å²) in [6, 6.07) is 0. The van der Waals surface area contributed by atoms with Gasteiger partial charge in [0.25, 0.3) is 0 Å². The number of carbonyl (C=O) groups excluding carboxylic acids is 1. The van der Waals surface area contributed by atoms with Crippen LogP contribution in [-0.2, 0) is 19.0 Å². The Balaban J connectivity index is 1.90. The van der Waals surface area contributed by atoms with E-state index in [0.717, 1.165) is 13.0 Å². The van der Waals surface area contributed by atoms with Crippen LogP contribution < -0.4 is 0 Å². The minimum atomic E-state index is 0.0688. The number of rotatable bonds is 11. The van der Waals surface area contributed by atoms with Gasteiger partial charge in [0.2, 0.25) is 0 Å². The first kappa shape index (κ1) is 16.6. The molecule has 4 nitrogen and oxygen atoms in total. The Hall–Kier alpha value is -0.450. The molecule has 0 spiro atoms. The van der Waals surface area contributed by atoms with Crippen molar-refractivity contribution in [1.29, 1.82) is 0 Å². The summed E-state index contributed by atoms with van der Waals surface area (Å²) in [5.41, 5.74) is 0. The molecular weight excluding hydrogens is 244 g/mol. The number of hydrogen-bond donors (Lipinski definition) is 0. The fourth-order valence-electron chi connectivity index (χ4n) is 1.77. The van der Waals surface area contributed by atoms with E-state index in [-0.39, 0.29) is 24.4 Å². The molecule has 0 radical (unpaired) electrons. The number of ether oxygens (including phenoxy) is 3. The van der Waals surface area contributed by atoms with E-state index in [1.54, 1.807) is 0 Å². The summed E-state index contributed by atoms with van der Waals surface area (Å²) >= 11 is 0. The van der Waals surface area contributed by atoms with Gasteiger partial charge in [0, 0.05) is 12.5 Å². The van der Waals surface area contributed by atoms with Gasteiger partial charge in [-0.3, -0.25) is 4.79 Å². The van der Waals surface area contributed by atoms with Crippen LogP contribution >= 0.6 is 0 Å². The lowest BCUT2D eigenvalue weighted by molar-refractivity contribution is -0.126. The van der Waals surface area contributed by atoms with Crippen LogP contribution in [0.15, 0.2) is 0 Å². The fraction of sp³-hybridized carbons (Fsp3) is 0.933. The zero-order valence-corrected chi connectivity index (χ0v) is 12.7. The van der Waals surface area contributed by atoms with Crippen LogP contribution in [0.25, 0.3) is 0 Å². The van der Waals surface area contributed by atoms with Gasteiger partial charge in [-0.2, -0.15) is 0 Å². The molecular formula is C15H28O4. The molecule has 2 atom stereocenters. The highest BCUT2D eigenvalue weighted by molar-refractivity contribution is 5.81. The number of carbonyl (C=O) groups is 1. The molecule has 0 N–H and O–H groups in total. The van der Waals surface area contributed by atoms with E-state index in [9.17, 15) is 4.79 Å². The van der Waals surface area contributed by atoms with Gasteiger partial charge < -0.3 is 14.2 Å². The zero-order chi connectivity index (χ0) is 14.3. The van der Waals surface area contributed by atoms with Gasteiger partial charge in [0.05, 0.1) is 25.9 Å². The first-order chi connectivity index (χ1) is 9.00. The zero-order valence-electron chi connectivity index (χ0n) is 12.7. The molecule has 112 valence electrons. The summed E-state index contributed by atoms with van der Waals surface area (Å²) < 4.78 is 16.4. The lowest BCUT2D eigenvalue weighted by atomic mass is 10.1. The summed E-state index contributed by atoms with van der Waals surface area (Å²) in [6.45, 7) is 10.9. The van der Waals surface area contributed by atoms with Crippen molar-refractivity contribution in [2.75, 3.05) is 33.0 Å². The van der Waals surface area contributed by atoms with Crippen LogP contribution in [-0.4, -0.2) is 44.9 Å². The van der Waals surface area contributed by atoms with Gasteiger partial charge in [0.15, 0.2) is 5.78 Å².